The lowest BCUT2D eigenvalue weighted by Gasteiger charge is -2.35. The van der Waals surface area contributed by atoms with Gasteiger partial charge in [-0.2, -0.15) is 0 Å². The number of amides is 2. The molecule has 5 nitrogen and oxygen atoms in total. The third-order valence-electron chi connectivity index (χ3n) is 3.81. The highest BCUT2D eigenvalue weighted by atomic mass is 32.1. The molecule has 1 atom stereocenters. The summed E-state index contributed by atoms with van der Waals surface area (Å²) in [6.07, 6.45) is 1.70. The lowest BCUT2D eigenvalue weighted by atomic mass is 9.98. The largest absolute Gasteiger partial charge is 0.377 e. The molecule has 1 unspecified atom stereocenters. The maximum absolute atomic E-state index is 12.3. The predicted molar refractivity (Wildman–Crippen MR) is 89.5 cm³/mol. The second-order valence-corrected chi connectivity index (χ2v) is 7.56. The minimum atomic E-state index is 0.0152. The summed E-state index contributed by atoms with van der Waals surface area (Å²) in [5.74, 6) is 0. The molecule has 1 N–H and O–H groups in total. The molecule has 1 aromatic heterocycles. The summed E-state index contributed by atoms with van der Waals surface area (Å²) in [5.41, 5.74) is 1.15. The SMILES string of the molecule is CCC1COCCN1C(=O)NCCc1csc(C(C)(C)C)n1. The van der Waals surface area contributed by atoms with Crippen LogP contribution in [0.2, 0.25) is 0 Å². The molecule has 0 spiro atoms. The smallest absolute Gasteiger partial charge is 0.317 e. The first-order valence-electron chi connectivity index (χ1n) is 7.99. The normalized spacial score (nSPS) is 19.3. The number of carbonyl (C=O) groups is 1. The van der Waals surface area contributed by atoms with E-state index in [0.717, 1.165) is 23.5 Å². The summed E-state index contributed by atoms with van der Waals surface area (Å²) < 4.78 is 5.43. The molecular formula is C16H27N3O2S. The third-order valence-corrected chi connectivity index (χ3v) is 5.13. The van der Waals surface area contributed by atoms with E-state index in [1.165, 1.54) is 0 Å². The van der Waals surface area contributed by atoms with Crippen LogP contribution in [0, 0.1) is 0 Å². The Morgan fingerprint density at radius 2 is 2.32 bits per heavy atom. The molecule has 22 heavy (non-hydrogen) atoms. The van der Waals surface area contributed by atoms with Gasteiger partial charge in [-0.1, -0.05) is 27.7 Å². The fourth-order valence-electron chi connectivity index (χ4n) is 2.43. The molecule has 0 aliphatic carbocycles. The van der Waals surface area contributed by atoms with Crippen LogP contribution in [0.1, 0.15) is 44.8 Å². The van der Waals surface area contributed by atoms with Gasteiger partial charge >= 0.3 is 6.03 Å². The minimum absolute atomic E-state index is 0.0152. The van der Waals surface area contributed by atoms with Crippen molar-refractivity contribution in [2.45, 2.75) is 52.0 Å². The summed E-state index contributed by atoms with van der Waals surface area (Å²) in [5, 5.41) is 6.25. The van der Waals surface area contributed by atoms with Gasteiger partial charge in [-0.3, -0.25) is 0 Å². The average molecular weight is 325 g/mol. The first-order chi connectivity index (χ1) is 10.4. The third kappa shape index (κ3) is 4.43. The summed E-state index contributed by atoms with van der Waals surface area (Å²) in [6.45, 7) is 11.2. The van der Waals surface area contributed by atoms with E-state index < -0.39 is 0 Å². The van der Waals surface area contributed by atoms with E-state index in [4.69, 9.17) is 4.74 Å². The number of hydrogen-bond acceptors (Lipinski definition) is 4. The van der Waals surface area contributed by atoms with Crippen molar-refractivity contribution in [3.05, 3.63) is 16.1 Å². The average Bonchev–Trinajstić information content (AvgIpc) is 2.96. The number of nitrogens with one attached hydrogen (secondary N) is 1. The Balaban J connectivity index is 1.80. The highest BCUT2D eigenvalue weighted by Gasteiger charge is 2.25. The Bertz CT molecular complexity index is 496. The summed E-state index contributed by atoms with van der Waals surface area (Å²) in [6, 6.07) is 0.210. The van der Waals surface area contributed by atoms with E-state index in [9.17, 15) is 4.79 Å². The maximum Gasteiger partial charge on any atom is 0.317 e. The van der Waals surface area contributed by atoms with Crippen LogP contribution < -0.4 is 5.32 Å². The van der Waals surface area contributed by atoms with Crippen molar-refractivity contribution in [1.82, 2.24) is 15.2 Å². The molecule has 0 saturated carbocycles. The second-order valence-electron chi connectivity index (χ2n) is 6.71. The molecule has 0 radical (unpaired) electrons. The topological polar surface area (TPSA) is 54.5 Å². The Hall–Kier alpha value is -1.14. The van der Waals surface area contributed by atoms with E-state index in [-0.39, 0.29) is 17.5 Å². The van der Waals surface area contributed by atoms with Crippen molar-refractivity contribution in [1.29, 1.82) is 0 Å². The van der Waals surface area contributed by atoms with Crippen molar-refractivity contribution in [2.24, 2.45) is 0 Å². The second kappa shape index (κ2) is 7.42. The highest BCUT2D eigenvalue weighted by Crippen LogP contribution is 2.25. The number of rotatable bonds is 4. The number of morpholine rings is 1. The van der Waals surface area contributed by atoms with Gasteiger partial charge in [0.15, 0.2) is 0 Å². The number of carbonyl (C=O) groups excluding carboxylic acids is 1. The van der Waals surface area contributed by atoms with E-state index >= 15 is 0 Å². The predicted octanol–water partition coefficient (Wildman–Crippen LogP) is 2.80. The number of nitrogens with zero attached hydrogens (tertiary/aromatic N) is 2. The van der Waals surface area contributed by atoms with Crippen molar-refractivity contribution < 1.29 is 9.53 Å². The van der Waals surface area contributed by atoms with Crippen LogP contribution in [-0.2, 0) is 16.6 Å². The number of thiazole rings is 1. The standard InChI is InChI=1S/C16H27N3O2S/c1-5-13-10-21-9-8-19(13)15(20)17-7-6-12-11-22-14(18-12)16(2,3)4/h11,13H,5-10H2,1-4H3,(H,17,20). The Morgan fingerprint density at radius 1 is 1.55 bits per heavy atom. The number of urea groups is 1. The van der Waals surface area contributed by atoms with E-state index in [1.54, 1.807) is 11.3 Å². The van der Waals surface area contributed by atoms with Crippen LogP contribution in [0.15, 0.2) is 5.38 Å². The van der Waals surface area contributed by atoms with Gasteiger partial charge < -0.3 is 15.0 Å². The number of ether oxygens (including phenoxy) is 1. The van der Waals surface area contributed by atoms with Crippen molar-refractivity contribution in [3.8, 4) is 0 Å². The van der Waals surface area contributed by atoms with Gasteiger partial charge in [-0.25, -0.2) is 9.78 Å². The quantitative estimate of drug-likeness (QED) is 0.926. The molecule has 0 aromatic carbocycles. The fraction of sp³-hybridized carbons (Fsp3) is 0.750. The minimum Gasteiger partial charge on any atom is -0.377 e. The summed E-state index contributed by atoms with van der Waals surface area (Å²) in [7, 11) is 0. The zero-order valence-corrected chi connectivity index (χ0v) is 14.8. The molecule has 6 heteroatoms. The molecule has 2 amide bonds. The van der Waals surface area contributed by atoms with E-state index in [0.29, 0.717) is 26.3 Å². The first kappa shape index (κ1) is 17.2. The Morgan fingerprint density at radius 3 is 2.95 bits per heavy atom. The monoisotopic (exact) mass is 325 g/mol. The Kier molecular flexibility index (Phi) is 5.81. The molecule has 1 aliphatic rings. The van der Waals surface area contributed by atoms with Gasteiger partial charge in [0.05, 0.1) is 30.0 Å². The number of hydrogen-bond donors (Lipinski definition) is 1. The summed E-state index contributed by atoms with van der Waals surface area (Å²) >= 11 is 1.70. The van der Waals surface area contributed by atoms with Crippen molar-refractivity contribution in [2.75, 3.05) is 26.3 Å². The zero-order chi connectivity index (χ0) is 16.2. The molecule has 124 valence electrons. The zero-order valence-electron chi connectivity index (χ0n) is 14.0. The van der Waals surface area contributed by atoms with Gasteiger partial charge in [0.1, 0.15) is 0 Å². The molecule has 1 aliphatic heterocycles. The summed E-state index contributed by atoms with van der Waals surface area (Å²) in [4.78, 5) is 18.8. The first-order valence-corrected chi connectivity index (χ1v) is 8.87. The van der Waals surface area contributed by atoms with Gasteiger partial charge in [0.2, 0.25) is 0 Å². The van der Waals surface area contributed by atoms with Crippen LogP contribution in [0.5, 0.6) is 0 Å². The van der Waals surface area contributed by atoms with Crippen molar-refractivity contribution >= 4 is 17.4 Å². The molecule has 1 aromatic rings. The Labute approximate surface area is 137 Å². The fourth-order valence-corrected chi connectivity index (χ4v) is 3.37. The number of aromatic nitrogens is 1. The van der Waals surface area contributed by atoms with Gasteiger partial charge in [0, 0.05) is 30.3 Å². The van der Waals surface area contributed by atoms with Crippen LogP contribution >= 0.6 is 11.3 Å². The lowest BCUT2D eigenvalue weighted by Crippen LogP contribution is -2.52. The van der Waals surface area contributed by atoms with Gasteiger partial charge in [-0.15, -0.1) is 11.3 Å². The van der Waals surface area contributed by atoms with Crippen LogP contribution in [-0.4, -0.2) is 48.3 Å². The van der Waals surface area contributed by atoms with Crippen LogP contribution in [0.25, 0.3) is 0 Å². The van der Waals surface area contributed by atoms with Gasteiger partial charge in [-0.05, 0) is 6.42 Å². The highest BCUT2D eigenvalue weighted by molar-refractivity contribution is 7.09. The molecule has 0 bridgehead atoms. The molecular weight excluding hydrogens is 298 g/mol. The maximum atomic E-state index is 12.3. The van der Waals surface area contributed by atoms with E-state index in [2.05, 4.69) is 43.4 Å². The van der Waals surface area contributed by atoms with Crippen molar-refractivity contribution in [3.63, 3.8) is 0 Å². The van der Waals surface area contributed by atoms with Crippen LogP contribution in [0.4, 0.5) is 4.79 Å². The molecule has 1 fully saturated rings. The van der Waals surface area contributed by atoms with E-state index in [1.807, 2.05) is 4.90 Å². The molecule has 2 heterocycles. The lowest BCUT2D eigenvalue weighted by molar-refractivity contribution is 0.0114. The molecule has 2 rings (SSSR count). The van der Waals surface area contributed by atoms with Crippen LogP contribution in [0.3, 0.4) is 0 Å². The van der Waals surface area contributed by atoms with Gasteiger partial charge in [0.25, 0.3) is 0 Å². The molecule has 1 saturated heterocycles.